The molecule has 0 atom stereocenters. The topological polar surface area (TPSA) is 311 Å². The van der Waals surface area contributed by atoms with Crippen molar-refractivity contribution in [3.05, 3.63) is 93.0 Å². The number of nitrogen functional groups attached to an aromatic ring is 1. The fourth-order valence-electron chi connectivity index (χ4n) is 5.21. The number of hydrogen-bond acceptors (Lipinski definition) is 19. The summed E-state index contributed by atoms with van der Waals surface area (Å²) in [5.74, 6) is 5.35. The van der Waals surface area contributed by atoms with Crippen LogP contribution in [0.15, 0.2) is 92.4 Å². The van der Waals surface area contributed by atoms with E-state index in [0.29, 0.717) is 34.7 Å². The Morgan fingerprint density at radius 3 is 1.15 bits per heavy atom. The number of anilines is 2. The predicted molar refractivity (Wildman–Crippen MR) is 322 cm³/mol. The molecule has 0 radical (unpaired) electrons. The molecule has 4 aromatic rings. The van der Waals surface area contributed by atoms with Crippen molar-refractivity contribution in [2.45, 2.75) is 60.6 Å². The number of hydrogen-bond donors (Lipinski definition) is 2. The lowest BCUT2D eigenvalue weighted by atomic mass is 10.3. The van der Waals surface area contributed by atoms with Crippen LogP contribution in [0.4, 0.5) is 22.7 Å². The molecule has 0 aliphatic carbocycles. The van der Waals surface area contributed by atoms with Crippen LogP contribution in [-0.4, -0.2) is 164 Å². The van der Waals surface area contributed by atoms with Crippen LogP contribution < -0.4 is 30.0 Å². The molecule has 452 valence electrons. The molecule has 0 saturated heterocycles. The summed E-state index contributed by atoms with van der Waals surface area (Å²) in [5.41, 5.74) is 6.07. The van der Waals surface area contributed by atoms with Gasteiger partial charge in [-0.1, -0.05) is 68.8 Å². The van der Waals surface area contributed by atoms with Crippen LogP contribution in [0.2, 0.25) is 0 Å². The number of nitro groups is 2. The van der Waals surface area contributed by atoms with Gasteiger partial charge in [-0.25, -0.2) is 46.6 Å². The Morgan fingerprint density at radius 1 is 0.575 bits per heavy atom. The van der Waals surface area contributed by atoms with Crippen LogP contribution in [-0.2, 0) is 39.1 Å². The molecule has 0 aliphatic heterocycles. The van der Waals surface area contributed by atoms with Crippen molar-refractivity contribution in [2.24, 2.45) is 0 Å². The summed E-state index contributed by atoms with van der Waals surface area (Å²) < 4.78 is 116. The maximum absolute atomic E-state index is 11.9. The number of nitrogens with zero attached hydrogens (tertiary/aromatic N) is 6. The molecule has 4 rings (SSSR count). The SMILES string of the molecule is C#CCBr.C#CCNc1ccc(S(=O)(=O)N(C)C)cc1OC.CCC.CCN(CC)CC.COc1cc(S(=O)(=O)Cl)ccc1[N+](=O)[O-].COc1cc(S(=O)(=O)N(C)C)ccc1N.COc1cc(S(=O)(=O)N(C)C)ccc1[N+](=O)[O-].Cl. The Labute approximate surface area is 492 Å². The van der Waals surface area contributed by atoms with E-state index in [-0.39, 0.29) is 54.9 Å². The van der Waals surface area contributed by atoms with Crippen LogP contribution in [0, 0.1) is 44.9 Å². The van der Waals surface area contributed by atoms with Crippen molar-refractivity contribution in [1.29, 1.82) is 0 Å². The van der Waals surface area contributed by atoms with Gasteiger partial charge in [-0.3, -0.25) is 20.2 Å². The highest BCUT2D eigenvalue weighted by Crippen LogP contribution is 2.32. The minimum atomic E-state index is -3.91. The van der Waals surface area contributed by atoms with Gasteiger partial charge in [-0.05, 0) is 56.0 Å². The third-order valence-electron chi connectivity index (χ3n) is 9.49. The van der Waals surface area contributed by atoms with E-state index in [4.69, 9.17) is 43.5 Å². The zero-order chi connectivity index (χ0) is 62.1. The molecular formula is C49H75BrCl2N8O16S4. The molecule has 31 heteroatoms. The average molecular weight is 1310 g/mol. The van der Waals surface area contributed by atoms with Crippen molar-refractivity contribution in [2.75, 3.05) is 113 Å². The lowest BCUT2D eigenvalue weighted by Crippen LogP contribution is -2.22. The number of sulfonamides is 3. The molecule has 0 aromatic heterocycles. The normalized spacial score (nSPS) is 10.6. The van der Waals surface area contributed by atoms with Crippen molar-refractivity contribution in [3.8, 4) is 47.7 Å². The second kappa shape index (κ2) is 40.5. The van der Waals surface area contributed by atoms with Gasteiger partial charge in [-0.15, -0.1) is 25.3 Å². The summed E-state index contributed by atoms with van der Waals surface area (Å²) in [6.07, 6.45) is 11.1. The molecule has 0 aliphatic rings. The molecule has 0 amide bonds. The number of methoxy groups -OCH3 is 4. The maximum Gasteiger partial charge on any atom is 0.310 e. The molecule has 24 nitrogen and oxygen atoms in total. The second-order valence-corrected chi connectivity index (χ2v) is 25.1. The fraction of sp³-hybridized carbons (Fsp3) is 0.429. The van der Waals surface area contributed by atoms with E-state index in [0.717, 1.165) is 43.2 Å². The van der Waals surface area contributed by atoms with E-state index in [2.05, 4.69) is 77.3 Å². The number of nitro benzene ring substituents is 2. The highest BCUT2D eigenvalue weighted by atomic mass is 79.9. The van der Waals surface area contributed by atoms with E-state index >= 15 is 0 Å². The molecule has 4 aromatic carbocycles. The lowest BCUT2D eigenvalue weighted by Gasteiger charge is -2.14. The second-order valence-electron chi connectivity index (χ2n) is 15.5. The summed E-state index contributed by atoms with van der Waals surface area (Å²) >= 11 is 3.01. The summed E-state index contributed by atoms with van der Waals surface area (Å²) in [6.45, 7) is 14.7. The van der Waals surface area contributed by atoms with Crippen LogP contribution in [0.5, 0.6) is 23.0 Å². The molecule has 0 unspecified atom stereocenters. The first-order valence-electron chi connectivity index (χ1n) is 23.0. The number of alkyl halides is 1. The maximum atomic E-state index is 11.9. The van der Waals surface area contributed by atoms with E-state index in [1.807, 2.05) is 0 Å². The Kier molecular flexibility index (Phi) is 40.9. The number of ether oxygens (including phenoxy) is 4. The van der Waals surface area contributed by atoms with E-state index in [1.165, 1.54) is 133 Å². The van der Waals surface area contributed by atoms with Gasteiger partial charge in [0.1, 0.15) is 11.5 Å². The minimum Gasteiger partial charge on any atom is -0.495 e. The van der Waals surface area contributed by atoms with Gasteiger partial charge in [0.15, 0.2) is 11.5 Å². The molecule has 0 fully saturated rings. The van der Waals surface area contributed by atoms with Crippen LogP contribution >= 0.6 is 39.0 Å². The number of halogens is 3. The number of nitrogens with one attached hydrogen (secondary N) is 1. The average Bonchev–Trinajstić information content (AvgIpc) is 3.40. The summed E-state index contributed by atoms with van der Waals surface area (Å²) in [5, 5.41) is 24.7. The van der Waals surface area contributed by atoms with Gasteiger partial charge in [0.25, 0.3) is 9.05 Å². The van der Waals surface area contributed by atoms with Crippen molar-refractivity contribution >= 4 is 101 Å². The summed E-state index contributed by atoms with van der Waals surface area (Å²) in [7, 11) is 4.66. The molecule has 0 heterocycles. The van der Waals surface area contributed by atoms with Gasteiger partial charge in [-0.2, -0.15) is 0 Å². The van der Waals surface area contributed by atoms with Gasteiger partial charge in [0.2, 0.25) is 30.1 Å². The third kappa shape index (κ3) is 27.6. The Hall–Kier alpha value is -5.70. The molecule has 0 saturated carbocycles. The van der Waals surface area contributed by atoms with Crippen molar-refractivity contribution in [1.82, 2.24) is 17.8 Å². The number of nitrogens with two attached hydrogens (primary N) is 1. The van der Waals surface area contributed by atoms with Gasteiger partial charge in [0, 0.05) is 89.4 Å². The Morgan fingerprint density at radius 2 is 0.875 bits per heavy atom. The Bertz CT molecular complexity index is 3080. The lowest BCUT2D eigenvalue weighted by molar-refractivity contribution is -0.385. The summed E-state index contributed by atoms with van der Waals surface area (Å²) in [4.78, 5) is 22.2. The molecule has 0 spiro atoms. The first-order chi connectivity index (χ1) is 36.7. The zero-order valence-corrected chi connectivity index (χ0v) is 53.8. The van der Waals surface area contributed by atoms with E-state index in [1.54, 1.807) is 6.07 Å². The minimum absolute atomic E-state index is 0. The Balaban J connectivity index is -0.000000444. The molecular weight excluding hydrogens is 1240 g/mol. The largest absolute Gasteiger partial charge is 0.495 e. The molecule has 80 heavy (non-hydrogen) atoms. The molecule has 3 N–H and O–H groups in total. The van der Waals surface area contributed by atoms with Crippen LogP contribution in [0.25, 0.3) is 0 Å². The predicted octanol–water partition coefficient (Wildman–Crippen LogP) is 8.10. The third-order valence-corrected chi connectivity index (χ3v) is 16.6. The molecule has 0 bridgehead atoms. The zero-order valence-electron chi connectivity index (χ0n) is 47.4. The highest BCUT2D eigenvalue weighted by Gasteiger charge is 2.24. The quantitative estimate of drug-likeness (QED) is 0.0237. The van der Waals surface area contributed by atoms with Crippen molar-refractivity contribution < 1.29 is 62.5 Å². The van der Waals surface area contributed by atoms with Crippen LogP contribution in [0.1, 0.15) is 41.0 Å². The van der Waals surface area contributed by atoms with E-state index < -0.39 is 49.0 Å². The van der Waals surface area contributed by atoms with Crippen LogP contribution in [0.3, 0.4) is 0 Å². The van der Waals surface area contributed by atoms with Gasteiger partial charge >= 0.3 is 11.4 Å². The summed E-state index contributed by atoms with van der Waals surface area (Å²) in [6, 6.07) is 15.5. The number of benzene rings is 4. The number of rotatable bonds is 18. The monoisotopic (exact) mass is 1310 g/mol. The highest BCUT2D eigenvalue weighted by molar-refractivity contribution is 9.09. The van der Waals surface area contributed by atoms with E-state index in [9.17, 15) is 53.9 Å². The van der Waals surface area contributed by atoms with Crippen molar-refractivity contribution in [3.63, 3.8) is 0 Å². The number of terminal acetylenes is 2. The van der Waals surface area contributed by atoms with Gasteiger partial charge in [0.05, 0.1) is 81.1 Å². The fourth-order valence-corrected chi connectivity index (χ4v) is 8.73. The first-order valence-corrected chi connectivity index (χ1v) is 30.8. The standard InChI is InChI=1S/C12H16N2O3S.C9H12N2O5S.C9H14N2O3S.C7H6ClNO5S.C6H15N.C3H3Br.C3H8.ClH/c1-5-8-13-11-7-6-10(9-12(11)17-4)18(15,16)14(2)3;1-10(2)17(14,15)7-4-5-8(11(12)13)9(6-7)16-3;1-11(2)15(12,13)7-4-5-8(10)9(6-7)14-3;1-14-7-4-5(15(8,12)13)2-3-6(7)9(10)11;1-4-7(5-2)6-3;1-2-3-4;1-3-2;/h1,6-7,9,13H,8H2,2-4H3;4-6H,1-3H3;4-6H,10H2,1-3H3;2-4H,1H3;4-6H2,1-3H3;1H,3H2;3H2,1-2H3;1H. The van der Waals surface area contributed by atoms with Gasteiger partial charge < -0.3 is 34.9 Å². The smallest absolute Gasteiger partial charge is 0.310 e. The first kappa shape index (κ1) is 80.8.